The summed E-state index contributed by atoms with van der Waals surface area (Å²) in [6, 6.07) is 5.08. The Morgan fingerprint density at radius 1 is 1.28 bits per heavy atom. The molecule has 0 saturated carbocycles. The number of fused-ring (bicyclic) bond motifs is 1. The van der Waals surface area contributed by atoms with Gasteiger partial charge in [-0.3, -0.25) is 4.98 Å². The third-order valence-corrected chi connectivity index (χ3v) is 3.55. The minimum atomic E-state index is -3.99. The highest BCUT2D eigenvalue weighted by atomic mass is 35.7. The first kappa shape index (κ1) is 13.0. The smallest absolute Gasteiger partial charge is 0.387 e. The Morgan fingerprint density at radius 2 is 2.00 bits per heavy atom. The molecule has 0 spiro atoms. The van der Waals surface area contributed by atoms with Crippen molar-refractivity contribution in [3.63, 3.8) is 0 Å². The van der Waals surface area contributed by atoms with Gasteiger partial charge < -0.3 is 4.74 Å². The molecular formula is C10H6ClF2NO3S. The van der Waals surface area contributed by atoms with Crippen LogP contribution in [0.1, 0.15) is 0 Å². The van der Waals surface area contributed by atoms with Crippen molar-refractivity contribution in [2.75, 3.05) is 0 Å². The van der Waals surface area contributed by atoms with Gasteiger partial charge in [-0.25, -0.2) is 8.42 Å². The maximum Gasteiger partial charge on any atom is 0.387 e. The Balaban J connectivity index is 2.74. The van der Waals surface area contributed by atoms with Gasteiger partial charge in [-0.05, 0) is 24.3 Å². The van der Waals surface area contributed by atoms with E-state index in [0.29, 0.717) is 0 Å². The number of halogens is 3. The van der Waals surface area contributed by atoms with Crippen molar-refractivity contribution < 1.29 is 21.9 Å². The molecule has 1 heterocycles. The Hall–Kier alpha value is -1.47. The summed E-state index contributed by atoms with van der Waals surface area (Å²) in [6.07, 6.45) is 1.34. The molecule has 0 unspecified atom stereocenters. The van der Waals surface area contributed by atoms with Gasteiger partial charge in [0.1, 0.15) is 5.52 Å². The Morgan fingerprint density at radius 3 is 2.61 bits per heavy atom. The molecule has 1 aromatic carbocycles. The number of pyridine rings is 1. The largest absolute Gasteiger partial charge is 0.432 e. The van der Waals surface area contributed by atoms with Crippen LogP contribution in [-0.2, 0) is 9.05 Å². The van der Waals surface area contributed by atoms with Gasteiger partial charge in [0.15, 0.2) is 5.75 Å². The van der Waals surface area contributed by atoms with Gasteiger partial charge in [-0.1, -0.05) is 0 Å². The average Bonchev–Trinajstić information content (AvgIpc) is 2.27. The standard InChI is InChI=1S/C10H6ClF2NO3S/c11-18(15,16)8-4-3-7(17-10(12)13)9-6(8)2-1-5-14-9/h1-5,10H. The molecule has 2 rings (SSSR count). The van der Waals surface area contributed by atoms with Crippen LogP contribution in [0.15, 0.2) is 35.4 Å². The van der Waals surface area contributed by atoms with Gasteiger partial charge in [-0.15, -0.1) is 0 Å². The predicted molar refractivity (Wildman–Crippen MR) is 61.4 cm³/mol. The molecular weight excluding hydrogens is 288 g/mol. The van der Waals surface area contributed by atoms with E-state index in [1.165, 1.54) is 18.3 Å². The first-order valence-electron chi connectivity index (χ1n) is 4.67. The highest BCUT2D eigenvalue weighted by Gasteiger charge is 2.18. The number of aromatic nitrogens is 1. The van der Waals surface area contributed by atoms with Crippen LogP contribution in [0.2, 0.25) is 0 Å². The van der Waals surface area contributed by atoms with Crippen molar-refractivity contribution >= 4 is 30.6 Å². The third-order valence-electron chi connectivity index (χ3n) is 2.17. The Labute approximate surface area is 106 Å². The van der Waals surface area contributed by atoms with Gasteiger partial charge in [0.05, 0.1) is 4.90 Å². The maximum absolute atomic E-state index is 12.2. The van der Waals surface area contributed by atoms with E-state index in [0.717, 1.165) is 12.1 Å². The molecule has 96 valence electrons. The first-order valence-corrected chi connectivity index (χ1v) is 6.98. The summed E-state index contributed by atoms with van der Waals surface area (Å²) in [6.45, 7) is -3.02. The van der Waals surface area contributed by atoms with Gasteiger partial charge in [0.25, 0.3) is 9.05 Å². The molecule has 0 aliphatic rings. The highest BCUT2D eigenvalue weighted by Crippen LogP contribution is 2.31. The molecule has 0 aliphatic carbocycles. The fourth-order valence-corrected chi connectivity index (χ4v) is 2.59. The second-order valence-electron chi connectivity index (χ2n) is 3.28. The molecule has 0 saturated heterocycles. The quantitative estimate of drug-likeness (QED) is 0.817. The lowest BCUT2D eigenvalue weighted by Crippen LogP contribution is -2.04. The number of ether oxygens (including phenoxy) is 1. The summed E-state index contributed by atoms with van der Waals surface area (Å²) in [4.78, 5) is 3.63. The second-order valence-corrected chi connectivity index (χ2v) is 5.81. The lowest BCUT2D eigenvalue weighted by Gasteiger charge is -2.09. The van der Waals surface area contributed by atoms with E-state index in [4.69, 9.17) is 10.7 Å². The van der Waals surface area contributed by atoms with Crippen LogP contribution in [0.4, 0.5) is 8.78 Å². The second kappa shape index (κ2) is 4.66. The molecule has 0 amide bonds. The molecule has 18 heavy (non-hydrogen) atoms. The van der Waals surface area contributed by atoms with Gasteiger partial charge in [-0.2, -0.15) is 8.78 Å². The lowest BCUT2D eigenvalue weighted by atomic mass is 10.2. The molecule has 0 atom stereocenters. The summed E-state index contributed by atoms with van der Waals surface area (Å²) in [7, 11) is 1.27. The fourth-order valence-electron chi connectivity index (χ4n) is 1.52. The van der Waals surface area contributed by atoms with Crippen LogP contribution in [0.25, 0.3) is 10.9 Å². The fraction of sp³-hybridized carbons (Fsp3) is 0.100. The minimum absolute atomic E-state index is 0.0134. The Bertz CT molecular complexity index is 691. The van der Waals surface area contributed by atoms with Crippen LogP contribution in [0.5, 0.6) is 5.75 Å². The van der Waals surface area contributed by atoms with Crippen molar-refractivity contribution in [2.24, 2.45) is 0 Å². The third kappa shape index (κ3) is 2.51. The zero-order chi connectivity index (χ0) is 13.3. The predicted octanol–water partition coefficient (Wildman–Crippen LogP) is 2.76. The van der Waals surface area contributed by atoms with Crippen molar-refractivity contribution in [3.8, 4) is 5.75 Å². The van der Waals surface area contributed by atoms with Crippen LogP contribution < -0.4 is 4.74 Å². The van der Waals surface area contributed by atoms with Crippen molar-refractivity contribution in [3.05, 3.63) is 30.5 Å². The van der Waals surface area contributed by atoms with E-state index in [-0.39, 0.29) is 21.5 Å². The molecule has 8 heteroatoms. The zero-order valence-corrected chi connectivity index (χ0v) is 10.3. The van der Waals surface area contributed by atoms with Crippen LogP contribution >= 0.6 is 10.7 Å². The number of rotatable bonds is 3. The van der Waals surface area contributed by atoms with Gasteiger partial charge >= 0.3 is 6.61 Å². The normalized spacial score (nSPS) is 12.0. The number of hydrogen-bond acceptors (Lipinski definition) is 4. The Kier molecular flexibility index (Phi) is 3.36. The van der Waals surface area contributed by atoms with E-state index in [2.05, 4.69) is 9.72 Å². The topological polar surface area (TPSA) is 56.3 Å². The summed E-state index contributed by atoms with van der Waals surface area (Å²) in [5, 5.41) is 0.130. The number of benzene rings is 1. The molecule has 0 N–H and O–H groups in total. The molecule has 4 nitrogen and oxygen atoms in total. The van der Waals surface area contributed by atoms with E-state index in [9.17, 15) is 17.2 Å². The van der Waals surface area contributed by atoms with Gasteiger partial charge in [0.2, 0.25) is 0 Å². The summed E-state index contributed by atoms with van der Waals surface area (Å²) in [5.74, 6) is -0.204. The van der Waals surface area contributed by atoms with Crippen LogP contribution in [-0.4, -0.2) is 20.0 Å². The summed E-state index contributed by atoms with van der Waals surface area (Å²) < 4.78 is 51.3. The van der Waals surface area contributed by atoms with E-state index in [1.807, 2.05) is 0 Å². The van der Waals surface area contributed by atoms with E-state index >= 15 is 0 Å². The molecule has 0 fully saturated rings. The first-order chi connectivity index (χ1) is 8.39. The molecule has 0 bridgehead atoms. The minimum Gasteiger partial charge on any atom is -0.432 e. The van der Waals surface area contributed by atoms with Crippen molar-refractivity contribution in [1.29, 1.82) is 0 Å². The average molecular weight is 294 g/mol. The van der Waals surface area contributed by atoms with Crippen LogP contribution in [0.3, 0.4) is 0 Å². The van der Waals surface area contributed by atoms with Crippen molar-refractivity contribution in [2.45, 2.75) is 11.5 Å². The zero-order valence-electron chi connectivity index (χ0n) is 8.68. The number of alkyl halides is 2. The van der Waals surface area contributed by atoms with E-state index < -0.39 is 15.7 Å². The number of hydrogen-bond donors (Lipinski definition) is 0. The van der Waals surface area contributed by atoms with Crippen molar-refractivity contribution in [1.82, 2.24) is 4.98 Å². The monoisotopic (exact) mass is 293 g/mol. The summed E-state index contributed by atoms with van der Waals surface area (Å²) in [5.41, 5.74) is 0.0134. The molecule has 2 aromatic rings. The summed E-state index contributed by atoms with van der Waals surface area (Å²) >= 11 is 0. The van der Waals surface area contributed by atoms with Gasteiger partial charge in [0, 0.05) is 22.3 Å². The highest BCUT2D eigenvalue weighted by molar-refractivity contribution is 8.14. The van der Waals surface area contributed by atoms with E-state index in [1.54, 1.807) is 0 Å². The number of nitrogens with zero attached hydrogens (tertiary/aromatic N) is 1. The maximum atomic E-state index is 12.2. The lowest BCUT2D eigenvalue weighted by molar-refractivity contribution is -0.0489. The SMILES string of the molecule is O=S(=O)(Cl)c1ccc(OC(F)F)c2ncccc12. The molecule has 0 aliphatic heterocycles. The van der Waals surface area contributed by atoms with Crippen LogP contribution in [0, 0.1) is 0 Å². The molecule has 0 radical (unpaired) electrons. The molecule has 1 aromatic heterocycles.